The van der Waals surface area contributed by atoms with E-state index in [1.54, 1.807) is 19.3 Å². The Balaban J connectivity index is 1.97. The van der Waals surface area contributed by atoms with Crippen LogP contribution in [0.1, 0.15) is 11.1 Å². The molecule has 0 saturated heterocycles. The molecule has 1 heterocycles. The standard InChI is InChI=1S/C17H14F4N2S/c1-22-8-10-6-12(18)3-5-15(10)24-16-9-23-14-7-11(17(19,20)21)2-4-13(14)16/h2-7,9,22-23H,8H2,1H3. The minimum Gasteiger partial charge on any atom is -0.360 e. The van der Waals surface area contributed by atoms with Crippen LogP contribution in [-0.2, 0) is 12.7 Å². The fraction of sp³-hybridized carbons (Fsp3) is 0.176. The SMILES string of the molecule is CNCc1cc(F)ccc1Sc1c[nH]c2cc(C(F)(F)F)ccc12. The summed E-state index contributed by atoms with van der Waals surface area (Å²) in [5, 5.41) is 3.68. The van der Waals surface area contributed by atoms with Gasteiger partial charge < -0.3 is 10.3 Å². The Morgan fingerprint density at radius 3 is 2.58 bits per heavy atom. The summed E-state index contributed by atoms with van der Waals surface area (Å²) < 4.78 is 51.8. The molecule has 0 unspecified atom stereocenters. The van der Waals surface area contributed by atoms with E-state index >= 15 is 0 Å². The van der Waals surface area contributed by atoms with Gasteiger partial charge in [0.15, 0.2) is 0 Å². The van der Waals surface area contributed by atoms with Gasteiger partial charge in [0.1, 0.15) is 5.82 Å². The van der Waals surface area contributed by atoms with Crippen molar-refractivity contribution in [3.05, 3.63) is 59.5 Å². The van der Waals surface area contributed by atoms with Crippen LogP contribution in [0.25, 0.3) is 10.9 Å². The van der Waals surface area contributed by atoms with Gasteiger partial charge in [-0.05, 0) is 42.9 Å². The second-order valence-corrected chi connectivity index (χ2v) is 6.38. The number of rotatable bonds is 4. The Morgan fingerprint density at radius 1 is 1.08 bits per heavy atom. The normalized spacial score (nSPS) is 12.0. The van der Waals surface area contributed by atoms with Crippen LogP contribution in [0.4, 0.5) is 17.6 Å². The quantitative estimate of drug-likeness (QED) is 0.631. The minimum absolute atomic E-state index is 0.321. The van der Waals surface area contributed by atoms with Gasteiger partial charge in [0.05, 0.1) is 5.56 Å². The molecule has 0 aliphatic heterocycles. The van der Waals surface area contributed by atoms with Crippen LogP contribution in [0.15, 0.2) is 52.4 Å². The topological polar surface area (TPSA) is 27.8 Å². The van der Waals surface area contributed by atoms with Crippen molar-refractivity contribution in [3.8, 4) is 0 Å². The molecule has 24 heavy (non-hydrogen) atoms. The average molecular weight is 354 g/mol. The number of hydrogen-bond donors (Lipinski definition) is 2. The van der Waals surface area contributed by atoms with Crippen LogP contribution in [0, 0.1) is 5.82 Å². The van der Waals surface area contributed by atoms with Crippen LogP contribution in [0.5, 0.6) is 0 Å². The summed E-state index contributed by atoms with van der Waals surface area (Å²) in [5.41, 5.74) is 0.527. The Labute approximate surface area is 140 Å². The number of benzene rings is 2. The van der Waals surface area contributed by atoms with E-state index in [1.165, 1.54) is 30.0 Å². The highest BCUT2D eigenvalue weighted by Crippen LogP contribution is 2.38. The highest BCUT2D eigenvalue weighted by atomic mass is 32.2. The number of H-pyrrole nitrogens is 1. The molecule has 0 radical (unpaired) electrons. The van der Waals surface area contributed by atoms with Gasteiger partial charge in [-0.15, -0.1) is 0 Å². The first-order valence-electron chi connectivity index (χ1n) is 7.17. The van der Waals surface area contributed by atoms with Crippen LogP contribution in [0.2, 0.25) is 0 Å². The van der Waals surface area contributed by atoms with Gasteiger partial charge in [-0.3, -0.25) is 0 Å². The predicted molar refractivity (Wildman–Crippen MR) is 86.6 cm³/mol. The number of hydrogen-bond acceptors (Lipinski definition) is 2. The number of halogens is 4. The van der Waals surface area contributed by atoms with Gasteiger partial charge >= 0.3 is 6.18 Å². The Bertz CT molecular complexity index is 871. The lowest BCUT2D eigenvalue weighted by Gasteiger charge is -2.09. The number of fused-ring (bicyclic) bond motifs is 1. The zero-order chi connectivity index (χ0) is 17.3. The van der Waals surface area contributed by atoms with Crippen molar-refractivity contribution in [2.24, 2.45) is 0 Å². The Morgan fingerprint density at radius 2 is 1.88 bits per heavy atom. The molecule has 3 rings (SSSR count). The second kappa shape index (κ2) is 6.49. The van der Waals surface area contributed by atoms with E-state index in [1.807, 2.05) is 0 Å². The summed E-state index contributed by atoms with van der Waals surface area (Å²) in [6.07, 6.45) is -2.70. The van der Waals surface area contributed by atoms with Gasteiger partial charge in [0.2, 0.25) is 0 Å². The molecule has 2 nitrogen and oxygen atoms in total. The molecule has 1 aromatic heterocycles. The van der Waals surface area contributed by atoms with E-state index in [-0.39, 0.29) is 5.82 Å². The molecule has 3 aromatic rings. The Hall–Kier alpha value is -1.99. The highest BCUT2D eigenvalue weighted by molar-refractivity contribution is 7.99. The van der Waals surface area contributed by atoms with Gasteiger partial charge in [-0.25, -0.2) is 4.39 Å². The molecular formula is C17H14F4N2S. The third-order valence-corrected chi connectivity index (χ3v) is 4.76. The fourth-order valence-electron chi connectivity index (χ4n) is 2.45. The van der Waals surface area contributed by atoms with Gasteiger partial charge in [0.25, 0.3) is 0 Å². The van der Waals surface area contributed by atoms with Crippen molar-refractivity contribution in [3.63, 3.8) is 0 Å². The minimum atomic E-state index is -4.37. The van der Waals surface area contributed by atoms with E-state index in [0.29, 0.717) is 17.4 Å². The maximum absolute atomic E-state index is 13.4. The van der Waals surface area contributed by atoms with Crippen molar-refractivity contribution < 1.29 is 17.6 Å². The molecule has 126 valence electrons. The predicted octanol–water partition coefficient (Wildman–Crippen LogP) is 5.20. The van der Waals surface area contributed by atoms with E-state index < -0.39 is 11.7 Å². The van der Waals surface area contributed by atoms with Gasteiger partial charge in [0, 0.05) is 33.4 Å². The maximum Gasteiger partial charge on any atom is 0.416 e. The lowest BCUT2D eigenvalue weighted by Crippen LogP contribution is -2.06. The fourth-order valence-corrected chi connectivity index (χ4v) is 3.50. The molecule has 0 spiro atoms. The summed E-state index contributed by atoms with van der Waals surface area (Å²) in [5.74, 6) is -0.321. The molecule has 0 saturated carbocycles. The lowest BCUT2D eigenvalue weighted by molar-refractivity contribution is -0.137. The zero-order valence-corrected chi connectivity index (χ0v) is 13.5. The number of aromatic amines is 1. The molecule has 0 aliphatic rings. The third-order valence-electron chi connectivity index (χ3n) is 3.58. The van der Waals surface area contributed by atoms with Crippen LogP contribution >= 0.6 is 11.8 Å². The summed E-state index contributed by atoms with van der Waals surface area (Å²) in [4.78, 5) is 4.52. The molecule has 2 aromatic carbocycles. The van der Waals surface area contributed by atoms with Crippen molar-refractivity contribution in [1.29, 1.82) is 0 Å². The highest BCUT2D eigenvalue weighted by Gasteiger charge is 2.30. The van der Waals surface area contributed by atoms with Crippen molar-refractivity contribution in [2.75, 3.05) is 7.05 Å². The summed E-state index contributed by atoms with van der Waals surface area (Å²) in [6.45, 7) is 0.501. The smallest absolute Gasteiger partial charge is 0.360 e. The third kappa shape index (κ3) is 3.42. The van der Waals surface area contributed by atoms with Crippen LogP contribution in [0.3, 0.4) is 0 Å². The zero-order valence-electron chi connectivity index (χ0n) is 12.7. The van der Waals surface area contributed by atoms with Crippen molar-refractivity contribution in [2.45, 2.75) is 22.5 Å². The second-order valence-electron chi connectivity index (χ2n) is 5.30. The van der Waals surface area contributed by atoms with E-state index in [4.69, 9.17) is 0 Å². The maximum atomic E-state index is 13.4. The average Bonchev–Trinajstić information content (AvgIpc) is 2.92. The molecule has 7 heteroatoms. The number of aromatic nitrogens is 1. The number of alkyl halides is 3. The van der Waals surface area contributed by atoms with E-state index in [0.717, 1.165) is 27.5 Å². The molecule has 0 bridgehead atoms. The molecular weight excluding hydrogens is 340 g/mol. The largest absolute Gasteiger partial charge is 0.416 e. The molecule has 0 atom stereocenters. The lowest BCUT2D eigenvalue weighted by atomic mass is 10.1. The molecule has 0 aliphatic carbocycles. The van der Waals surface area contributed by atoms with Gasteiger partial charge in [-0.2, -0.15) is 13.2 Å². The first-order chi connectivity index (χ1) is 11.4. The number of nitrogens with one attached hydrogen (secondary N) is 2. The molecule has 2 N–H and O–H groups in total. The van der Waals surface area contributed by atoms with Gasteiger partial charge in [-0.1, -0.05) is 17.8 Å². The molecule has 0 fully saturated rings. The Kier molecular flexibility index (Phi) is 4.56. The van der Waals surface area contributed by atoms with Crippen molar-refractivity contribution in [1.82, 2.24) is 10.3 Å². The monoisotopic (exact) mass is 354 g/mol. The van der Waals surface area contributed by atoms with Crippen LogP contribution in [-0.4, -0.2) is 12.0 Å². The van der Waals surface area contributed by atoms with E-state index in [2.05, 4.69) is 10.3 Å². The molecule has 0 amide bonds. The summed E-state index contributed by atoms with van der Waals surface area (Å²) in [7, 11) is 1.77. The van der Waals surface area contributed by atoms with Crippen LogP contribution < -0.4 is 5.32 Å². The first kappa shape index (κ1) is 16.9. The first-order valence-corrected chi connectivity index (χ1v) is 7.99. The summed E-state index contributed by atoms with van der Waals surface area (Å²) in [6, 6.07) is 8.12. The van der Waals surface area contributed by atoms with E-state index in [9.17, 15) is 17.6 Å². The van der Waals surface area contributed by atoms with Crippen molar-refractivity contribution >= 4 is 22.7 Å². The summed E-state index contributed by atoms with van der Waals surface area (Å²) >= 11 is 1.39.